The van der Waals surface area contributed by atoms with Crippen molar-refractivity contribution in [1.29, 1.82) is 0 Å². The van der Waals surface area contributed by atoms with E-state index in [1.165, 1.54) is 6.39 Å². The van der Waals surface area contributed by atoms with Crippen LogP contribution in [0.25, 0.3) is 0 Å². The average molecular weight is 342 g/mol. The van der Waals surface area contributed by atoms with E-state index in [1.807, 2.05) is 37.3 Å². The van der Waals surface area contributed by atoms with Gasteiger partial charge in [0, 0.05) is 13.1 Å². The van der Waals surface area contributed by atoms with Gasteiger partial charge < -0.3 is 14.7 Å². The molecule has 0 bridgehead atoms. The molecule has 132 valence electrons. The number of hydrogen-bond acceptors (Lipinski definition) is 5. The van der Waals surface area contributed by atoms with Gasteiger partial charge in [0.05, 0.1) is 18.4 Å². The smallest absolute Gasteiger partial charge is 0.227 e. The van der Waals surface area contributed by atoms with Gasteiger partial charge in [-0.2, -0.15) is 4.98 Å². The molecule has 7 nitrogen and oxygen atoms in total. The fourth-order valence-electron chi connectivity index (χ4n) is 3.07. The highest BCUT2D eigenvalue weighted by Crippen LogP contribution is 2.19. The molecule has 0 saturated carbocycles. The SMILES string of the molecule is C[C@@H](NC(=O)[C@@H]1CCCN(C(=O)Cc2ccccc2)C1)c1ncon1. The number of carbonyl (C=O) groups excluding carboxylic acids is 2. The zero-order valence-corrected chi connectivity index (χ0v) is 14.2. The summed E-state index contributed by atoms with van der Waals surface area (Å²) in [5.41, 5.74) is 0.991. The first-order valence-electron chi connectivity index (χ1n) is 8.52. The highest BCUT2D eigenvalue weighted by molar-refractivity contribution is 5.82. The standard InChI is InChI=1S/C18H22N4O3/c1-13(17-19-12-25-21-17)20-18(24)15-8-5-9-22(11-15)16(23)10-14-6-3-2-4-7-14/h2-4,6-7,12-13,15H,5,8-11H2,1H3,(H,20,24)/t13-,15-/m1/s1. The quantitative estimate of drug-likeness (QED) is 0.894. The molecular formula is C18H22N4O3. The Bertz CT molecular complexity index is 702. The number of benzene rings is 1. The Morgan fingerprint density at radius 3 is 2.88 bits per heavy atom. The van der Waals surface area contributed by atoms with E-state index >= 15 is 0 Å². The van der Waals surface area contributed by atoms with Crippen LogP contribution in [0.15, 0.2) is 41.2 Å². The maximum absolute atomic E-state index is 12.5. The van der Waals surface area contributed by atoms with Crippen LogP contribution in [-0.2, 0) is 16.0 Å². The predicted octanol–water partition coefficient (Wildman–Crippen LogP) is 1.73. The summed E-state index contributed by atoms with van der Waals surface area (Å²) in [5, 5.41) is 6.64. The van der Waals surface area contributed by atoms with Crippen LogP contribution in [0.4, 0.5) is 0 Å². The lowest BCUT2D eigenvalue weighted by molar-refractivity contribution is -0.135. The second kappa shape index (κ2) is 7.92. The molecule has 3 rings (SSSR count). The summed E-state index contributed by atoms with van der Waals surface area (Å²) in [6.07, 6.45) is 3.21. The third kappa shape index (κ3) is 4.43. The number of piperidine rings is 1. The molecule has 2 atom stereocenters. The average Bonchev–Trinajstić information content (AvgIpc) is 3.17. The second-order valence-corrected chi connectivity index (χ2v) is 6.36. The van der Waals surface area contributed by atoms with Crippen molar-refractivity contribution >= 4 is 11.8 Å². The summed E-state index contributed by atoms with van der Waals surface area (Å²) in [7, 11) is 0. The van der Waals surface area contributed by atoms with Crippen LogP contribution in [0.1, 0.15) is 37.2 Å². The summed E-state index contributed by atoms with van der Waals surface area (Å²) < 4.78 is 4.70. The Balaban J connectivity index is 1.55. The highest BCUT2D eigenvalue weighted by atomic mass is 16.5. The first kappa shape index (κ1) is 17.1. The van der Waals surface area contributed by atoms with E-state index in [2.05, 4.69) is 15.5 Å². The van der Waals surface area contributed by atoms with E-state index < -0.39 is 0 Å². The van der Waals surface area contributed by atoms with Gasteiger partial charge in [0.2, 0.25) is 18.2 Å². The number of nitrogens with zero attached hydrogens (tertiary/aromatic N) is 3. The number of hydrogen-bond donors (Lipinski definition) is 1. The number of likely N-dealkylation sites (tertiary alicyclic amines) is 1. The van der Waals surface area contributed by atoms with Gasteiger partial charge in [-0.25, -0.2) is 0 Å². The van der Waals surface area contributed by atoms with Crippen molar-refractivity contribution in [2.24, 2.45) is 5.92 Å². The number of rotatable bonds is 5. The molecule has 1 N–H and O–H groups in total. The molecule has 1 aromatic heterocycles. The zero-order valence-electron chi connectivity index (χ0n) is 14.2. The van der Waals surface area contributed by atoms with Crippen LogP contribution in [0.5, 0.6) is 0 Å². The molecule has 0 radical (unpaired) electrons. The van der Waals surface area contributed by atoms with E-state index in [1.54, 1.807) is 4.90 Å². The molecule has 0 aliphatic carbocycles. The molecule has 2 aromatic rings. The molecule has 7 heteroatoms. The first-order valence-corrected chi connectivity index (χ1v) is 8.52. The largest absolute Gasteiger partial charge is 0.346 e. The lowest BCUT2D eigenvalue weighted by Gasteiger charge is -2.32. The van der Waals surface area contributed by atoms with Gasteiger partial charge in [-0.05, 0) is 25.3 Å². The van der Waals surface area contributed by atoms with E-state index in [9.17, 15) is 9.59 Å². The third-order valence-corrected chi connectivity index (χ3v) is 4.47. The predicted molar refractivity (Wildman–Crippen MR) is 90.3 cm³/mol. The van der Waals surface area contributed by atoms with Crippen molar-refractivity contribution in [3.05, 3.63) is 48.1 Å². The Morgan fingerprint density at radius 1 is 1.36 bits per heavy atom. The highest BCUT2D eigenvalue weighted by Gasteiger charge is 2.29. The molecule has 1 fully saturated rings. The minimum Gasteiger partial charge on any atom is -0.346 e. The van der Waals surface area contributed by atoms with Crippen LogP contribution in [0, 0.1) is 5.92 Å². The van der Waals surface area contributed by atoms with Gasteiger partial charge in [-0.1, -0.05) is 35.5 Å². The van der Waals surface area contributed by atoms with Gasteiger partial charge in [-0.3, -0.25) is 9.59 Å². The Labute approximate surface area is 146 Å². The van der Waals surface area contributed by atoms with Crippen molar-refractivity contribution in [1.82, 2.24) is 20.4 Å². The van der Waals surface area contributed by atoms with Crippen molar-refractivity contribution in [3.63, 3.8) is 0 Å². The van der Waals surface area contributed by atoms with Crippen molar-refractivity contribution in [2.75, 3.05) is 13.1 Å². The number of nitrogens with one attached hydrogen (secondary N) is 1. The van der Waals surface area contributed by atoms with Crippen LogP contribution in [0.3, 0.4) is 0 Å². The Morgan fingerprint density at radius 2 is 2.16 bits per heavy atom. The van der Waals surface area contributed by atoms with Crippen LogP contribution < -0.4 is 5.32 Å². The second-order valence-electron chi connectivity index (χ2n) is 6.36. The monoisotopic (exact) mass is 342 g/mol. The van der Waals surface area contributed by atoms with Crippen LogP contribution >= 0.6 is 0 Å². The number of carbonyl (C=O) groups is 2. The normalized spacial score (nSPS) is 18.6. The molecule has 2 amide bonds. The summed E-state index contributed by atoms with van der Waals surface area (Å²) >= 11 is 0. The Hall–Kier alpha value is -2.70. The molecule has 25 heavy (non-hydrogen) atoms. The number of aromatic nitrogens is 2. The maximum Gasteiger partial charge on any atom is 0.227 e. The Kier molecular flexibility index (Phi) is 5.42. The van der Waals surface area contributed by atoms with E-state index in [0.29, 0.717) is 25.3 Å². The first-order chi connectivity index (χ1) is 12.1. The van der Waals surface area contributed by atoms with Gasteiger partial charge in [0.1, 0.15) is 0 Å². The summed E-state index contributed by atoms with van der Waals surface area (Å²) in [4.78, 5) is 30.7. The lowest BCUT2D eigenvalue weighted by Crippen LogP contribution is -2.46. The molecule has 0 spiro atoms. The van der Waals surface area contributed by atoms with Crippen molar-refractivity contribution < 1.29 is 14.1 Å². The summed E-state index contributed by atoms with van der Waals surface area (Å²) in [5.74, 6) is 0.230. The third-order valence-electron chi connectivity index (χ3n) is 4.47. The van der Waals surface area contributed by atoms with Crippen LogP contribution in [-0.4, -0.2) is 39.9 Å². The summed E-state index contributed by atoms with van der Waals surface area (Å²) in [6.45, 7) is 2.97. The van der Waals surface area contributed by atoms with Crippen LogP contribution in [0.2, 0.25) is 0 Å². The molecular weight excluding hydrogens is 320 g/mol. The lowest BCUT2D eigenvalue weighted by atomic mass is 9.96. The number of amides is 2. The van der Waals surface area contributed by atoms with Gasteiger partial charge in [-0.15, -0.1) is 0 Å². The molecule has 2 heterocycles. The fourth-order valence-corrected chi connectivity index (χ4v) is 3.07. The van der Waals surface area contributed by atoms with Crippen molar-refractivity contribution in [2.45, 2.75) is 32.2 Å². The molecule has 1 saturated heterocycles. The minimum absolute atomic E-state index is 0.0647. The van der Waals surface area contributed by atoms with E-state index in [4.69, 9.17) is 4.52 Å². The fraction of sp³-hybridized carbons (Fsp3) is 0.444. The molecule has 1 aliphatic heterocycles. The zero-order chi connectivity index (χ0) is 17.6. The van der Waals surface area contributed by atoms with Gasteiger partial charge in [0.15, 0.2) is 5.82 Å². The van der Waals surface area contributed by atoms with E-state index in [-0.39, 0.29) is 23.8 Å². The van der Waals surface area contributed by atoms with E-state index in [0.717, 1.165) is 18.4 Å². The van der Waals surface area contributed by atoms with Gasteiger partial charge >= 0.3 is 0 Å². The summed E-state index contributed by atoms with van der Waals surface area (Å²) in [6, 6.07) is 9.35. The van der Waals surface area contributed by atoms with Gasteiger partial charge in [0.25, 0.3) is 0 Å². The minimum atomic E-state index is -0.318. The molecule has 1 aliphatic rings. The molecule has 1 aromatic carbocycles. The molecule has 0 unspecified atom stereocenters. The maximum atomic E-state index is 12.5. The van der Waals surface area contributed by atoms with Crippen molar-refractivity contribution in [3.8, 4) is 0 Å². The topological polar surface area (TPSA) is 88.3 Å².